The monoisotopic (exact) mass is 203 g/mol. The molecule has 1 aromatic carbocycles. The van der Waals surface area contributed by atoms with E-state index in [-0.39, 0.29) is 0 Å². The zero-order valence-corrected chi connectivity index (χ0v) is 10.1. The Balaban J connectivity index is 2.45. The Hall–Kier alpha value is -0.820. The van der Waals surface area contributed by atoms with E-state index in [1.54, 1.807) is 11.1 Å². The molecule has 0 amide bonds. The first-order valence-electron chi connectivity index (χ1n) is 6.06. The summed E-state index contributed by atoms with van der Waals surface area (Å²) in [6, 6.07) is 5.13. The minimum Gasteiger partial charge on any atom is -0.310 e. The number of hydrogen-bond donors (Lipinski definition) is 1. The van der Waals surface area contributed by atoms with E-state index in [4.69, 9.17) is 0 Å². The zero-order valence-electron chi connectivity index (χ0n) is 10.1. The smallest absolute Gasteiger partial charge is 0.0325 e. The lowest BCUT2D eigenvalue weighted by Crippen LogP contribution is -2.31. The second kappa shape index (κ2) is 4.36. The van der Waals surface area contributed by atoms with Crippen LogP contribution in [-0.2, 0) is 6.42 Å². The Labute approximate surface area is 92.9 Å². The lowest BCUT2D eigenvalue weighted by Gasteiger charge is -2.29. The van der Waals surface area contributed by atoms with Crippen LogP contribution in [0.5, 0.6) is 0 Å². The maximum Gasteiger partial charge on any atom is 0.0325 e. The van der Waals surface area contributed by atoms with Crippen molar-refractivity contribution in [2.75, 3.05) is 6.54 Å². The molecule has 1 nitrogen and oxygen atoms in total. The van der Waals surface area contributed by atoms with Crippen molar-refractivity contribution in [3.8, 4) is 0 Å². The molecule has 1 aliphatic rings. The Bertz CT molecular complexity index is 355. The van der Waals surface area contributed by atoms with Gasteiger partial charge in [0.1, 0.15) is 0 Å². The third-order valence-corrected chi connectivity index (χ3v) is 3.50. The third kappa shape index (κ3) is 1.93. The van der Waals surface area contributed by atoms with Crippen molar-refractivity contribution in [2.45, 2.75) is 46.1 Å². The van der Waals surface area contributed by atoms with Crippen LogP contribution in [0.15, 0.2) is 12.1 Å². The Morgan fingerprint density at radius 3 is 2.73 bits per heavy atom. The molecule has 0 fully saturated rings. The lowest BCUT2D eigenvalue weighted by molar-refractivity contribution is 0.468. The summed E-state index contributed by atoms with van der Waals surface area (Å²) in [5.41, 5.74) is 6.12. The molecular formula is C14H21N. The van der Waals surface area contributed by atoms with Crippen LogP contribution in [0.2, 0.25) is 0 Å². The van der Waals surface area contributed by atoms with Crippen LogP contribution in [0, 0.1) is 13.8 Å². The molecule has 0 radical (unpaired) electrons. The van der Waals surface area contributed by atoms with E-state index in [0.29, 0.717) is 6.04 Å². The Morgan fingerprint density at radius 1 is 1.27 bits per heavy atom. The second-order valence-corrected chi connectivity index (χ2v) is 4.64. The SMILES string of the molecule is CCCC1NCCc2c(C)ccc(C)c21. The summed E-state index contributed by atoms with van der Waals surface area (Å²) in [6.07, 6.45) is 3.71. The van der Waals surface area contributed by atoms with Gasteiger partial charge in [-0.1, -0.05) is 25.5 Å². The topological polar surface area (TPSA) is 12.0 Å². The summed E-state index contributed by atoms with van der Waals surface area (Å²) in [4.78, 5) is 0. The number of aryl methyl sites for hydroxylation is 2. The molecule has 1 N–H and O–H groups in total. The van der Waals surface area contributed by atoms with Crippen LogP contribution >= 0.6 is 0 Å². The molecule has 1 heterocycles. The Kier molecular flexibility index (Phi) is 3.11. The molecule has 1 aromatic rings. The van der Waals surface area contributed by atoms with Crippen LogP contribution < -0.4 is 5.32 Å². The van der Waals surface area contributed by atoms with Gasteiger partial charge in [0.05, 0.1) is 0 Å². The molecule has 0 saturated carbocycles. The van der Waals surface area contributed by atoms with Crippen molar-refractivity contribution in [2.24, 2.45) is 0 Å². The summed E-state index contributed by atoms with van der Waals surface area (Å²) in [5.74, 6) is 0. The summed E-state index contributed by atoms with van der Waals surface area (Å²) < 4.78 is 0. The highest BCUT2D eigenvalue weighted by atomic mass is 14.9. The number of benzene rings is 1. The molecular weight excluding hydrogens is 182 g/mol. The lowest BCUT2D eigenvalue weighted by atomic mass is 9.86. The average Bonchev–Trinajstić information content (AvgIpc) is 2.24. The predicted octanol–water partition coefficient (Wildman–Crippen LogP) is 3.29. The van der Waals surface area contributed by atoms with Gasteiger partial charge in [-0.2, -0.15) is 0 Å². The molecule has 1 aliphatic heterocycles. The normalized spacial score (nSPS) is 20.1. The highest BCUT2D eigenvalue weighted by Crippen LogP contribution is 2.31. The fraction of sp³-hybridized carbons (Fsp3) is 0.571. The molecule has 82 valence electrons. The first-order valence-corrected chi connectivity index (χ1v) is 6.06. The molecule has 0 aliphatic carbocycles. The van der Waals surface area contributed by atoms with Gasteiger partial charge in [-0.3, -0.25) is 0 Å². The van der Waals surface area contributed by atoms with Gasteiger partial charge in [0.15, 0.2) is 0 Å². The maximum atomic E-state index is 3.64. The van der Waals surface area contributed by atoms with E-state index in [1.807, 2.05) is 0 Å². The highest BCUT2D eigenvalue weighted by Gasteiger charge is 2.21. The number of rotatable bonds is 2. The van der Waals surface area contributed by atoms with Crippen LogP contribution in [0.4, 0.5) is 0 Å². The zero-order chi connectivity index (χ0) is 10.8. The quantitative estimate of drug-likeness (QED) is 0.777. The van der Waals surface area contributed by atoms with E-state index in [0.717, 1.165) is 6.54 Å². The standard InChI is InChI=1S/C14H21N/c1-4-5-13-14-11(3)7-6-10(2)12(14)8-9-15-13/h6-7,13,15H,4-5,8-9H2,1-3H3. The molecule has 0 bridgehead atoms. The molecule has 1 heteroatoms. The van der Waals surface area contributed by atoms with Gasteiger partial charge in [-0.15, -0.1) is 0 Å². The van der Waals surface area contributed by atoms with E-state index in [1.165, 1.54) is 30.4 Å². The minimum absolute atomic E-state index is 0.596. The third-order valence-electron chi connectivity index (χ3n) is 3.50. The molecule has 0 saturated heterocycles. The number of nitrogens with one attached hydrogen (secondary N) is 1. The minimum atomic E-state index is 0.596. The highest BCUT2D eigenvalue weighted by molar-refractivity contribution is 5.43. The molecule has 15 heavy (non-hydrogen) atoms. The van der Waals surface area contributed by atoms with Crippen molar-refractivity contribution in [1.82, 2.24) is 5.32 Å². The van der Waals surface area contributed by atoms with Crippen molar-refractivity contribution in [3.63, 3.8) is 0 Å². The average molecular weight is 203 g/mol. The summed E-state index contributed by atoms with van der Waals surface area (Å²) >= 11 is 0. The number of fused-ring (bicyclic) bond motifs is 1. The largest absolute Gasteiger partial charge is 0.310 e. The van der Waals surface area contributed by atoms with Gasteiger partial charge in [-0.25, -0.2) is 0 Å². The molecule has 0 aromatic heterocycles. The van der Waals surface area contributed by atoms with Crippen LogP contribution in [0.1, 0.15) is 48.1 Å². The van der Waals surface area contributed by atoms with Gasteiger partial charge in [0.25, 0.3) is 0 Å². The summed E-state index contributed by atoms with van der Waals surface area (Å²) in [7, 11) is 0. The predicted molar refractivity (Wildman–Crippen MR) is 65.3 cm³/mol. The van der Waals surface area contributed by atoms with Crippen LogP contribution in [0.25, 0.3) is 0 Å². The summed E-state index contributed by atoms with van der Waals surface area (Å²) in [5, 5.41) is 3.64. The fourth-order valence-electron chi connectivity index (χ4n) is 2.72. The first-order chi connectivity index (χ1) is 7.24. The van der Waals surface area contributed by atoms with Gasteiger partial charge in [0, 0.05) is 6.04 Å². The summed E-state index contributed by atoms with van der Waals surface area (Å²) in [6.45, 7) is 7.89. The number of hydrogen-bond acceptors (Lipinski definition) is 1. The second-order valence-electron chi connectivity index (χ2n) is 4.64. The van der Waals surface area contributed by atoms with E-state index in [2.05, 4.69) is 38.2 Å². The molecule has 1 atom stereocenters. The van der Waals surface area contributed by atoms with Crippen molar-refractivity contribution in [3.05, 3.63) is 34.4 Å². The van der Waals surface area contributed by atoms with E-state index < -0.39 is 0 Å². The van der Waals surface area contributed by atoms with Crippen LogP contribution in [0.3, 0.4) is 0 Å². The molecule has 1 unspecified atom stereocenters. The van der Waals surface area contributed by atoms with Crippen molar-refractivity contribution < 1.29 is 0 Å². The van der Waals surface area contributed by atoms with Crippen molar-refractivity contribution in [1.29, 1.82) is 0 Å². The first kappa shape index (κ1) is 10.7. The Morgan fingerprint density at radius 2 is 2.00 bits per heavy atom. The van der Waals surface area contributed by atoms with Gasteiger partial charge in [-0.05, 0) is 55.5 Å². The fourth-order valence-corrected chi connectivity index (χ4v) is 2.72. The van der Waals surface area contributed by atoms with Gasteiger partial charge in [0.2, 0.25) is 0 Å². The van der Waals surface area contributed by atoms with Crippen molar-refractivity contribution >= 4 is 0 Å². The van der Waals surface area contributed by atoms with Gasteiger partial charge >= 0.3 is 0 Å². The van der Waals surface area contributed by atoms with Gasteiger partial charge < -0.3 is 5.32 Å². The van der Waals surface area contributed by atoms with Crippen LogP contribution in [-0.4, -0.2) is 6.54 Å². The molecule has 2 rings (SSSR count). The van der Waals surface area contributed by atoms with E-state index >= 15 is 0 Å². The maximum absolute atomic E-state index is 3.64. The van der Waals surface area contributed by atoms with E-state index in [9.17, 15) is 0 Å². The molecule has 0 spiro atoms.